The van der Waals surface area contributed by atoms with Crippen LogP contribution in [0.25, 0.3) is 0 Å². The number of nitrogens with zero attached hydrogens (tertiary/aromatic N) is 1. The summed E-state index contributed by atoms with van der Waals surface area (Å²) in [7, 11) is 0. The van der Waals surface area contributed by atoms with Crippen LogP contribution in [0.4, 0.5) is 0 Å². The zero-order chi connectivity index (χ0) is 16.1. The fourth-order valence-electron chi connectivity index (χ4n) is 3.12. The molecule has 0 aromatic heterocycles. The highest BCUT2D eigenvalue weighted by Crippen LogP contribution is 2.24. The molecule has 1 unspecified atom stereocenters. The highest BCUT2D eigenvalue weighted by molar-refractivity contribution is 14.1. The van der Waals surface area contributed by atoms with Crippen LogP contribution in [-0.4, -0.2) is 30.4 Å². The van der Waals surface area contributed by atoms with Crippen molar-refractivity contribution in [2.45, 2.75) is 18.9 Å². The minimum Gasteiger partial charge on any atom is -0.350 e. The maximum absolute atomic E-state index is 12.5. The molecule has 1 N–H and O–H groups in total. The third-order valence-corrected chi connectivity index (χ3v) is 5.28. The summed E-state index contributed by atoms with van der Waals surface area (Å²) >= 11 is 2.21. The predicted octanol–water partition coefficient (Wildman–Crippen LogP) is 3.86. The lowest BCUT2D eigenvalue weighted by molar-refractivity contribution is 0.0937. The van der Waals surface area contributed by atoms with Crippen LogP contribution < -0.4 is 5.32 Å². The van der Waals surface area contributed by atoms with Crippen molar-refractivity contribution in [2.75, 3.05) is 19.6 Å². The third kappa shape index (κ3) is 4.12. The zero-order valence-corrected chi connectivity index (χ0v) is 15.2. The highest BCUT2D eigenvalue weighted by atomic mass is 127. The van der Waals surface area contributed by atoms with Gasteiger partial charge in [0.15, 0.2) is 0 Å². The molecule has 2 aromatic rings. The molecule has 0 aliphatic carbocycles. The minimum absolute atomic E-state index is 0.00938. The summed E-state index contributed by atoms with van der Waals surface area (Å²) in [6.45, 7) is 2.87. The third-order valence-electron chi connectivity index (χ3n) is 4.34. The molecule has 120 valence electrons. The van der Waals surface area contributed by atoms with Crippen molar-refractivity contribution in [3.63, 3.8) is 0 Å². The van der Waals surface area contributed by atoms with Crippen LogP contribution in [0, 0.1) is 3.57 Å². The molecule has 23 heavy (non-hydrogen) atoms. The summed E-state index contributed by atoms with van der Waals surface area (Å²) in [5.74, 6) is 0.00938. The summed E-state index contributed by atoms with van der Waals surface area (Å²) < 4.78 is 0.986. The Labute approximate surface area is 151 Å². The minimum atomic E-state index is 0.00938. The van der Waals surface area contributed by atoms with Gasteiger partial charge in [-0.25, -0.2) is 0 Å². The van der Waals surface area contributed by atoms with Gasteiger partial charge in [-0.2, -0.15) is 0 Å². The van der Waals surface area contributed by atoms with Gasteiger partial charge >= 0.3 is 0 Å². The van der Waals surface area contributed by atoms with E-state index in [0.29, 0.717) is 6.54 Å². The number of hydrogen-bond donors (Lipinski definition) is 1. The van der Waals surface area contributed by atoms with Crippen molar-refractivity contribution in [1.82, 2.24) is 10.2 Å². The molecule has 1 heterocycles. The Morgan fingerprint density at radius 2 is 1.70 bits per heavy atom. The Bertz CT molecular complexity index is 653. The molecule has 4 heteroatoms. The van der Waals surface area contributed by atoms with Gasteiger partial charge in [0, 0.05) is 10.1 Å². The van der Waals surface area contributed by atoms with Crippen molar-refractivity contribution in [2.24, 2.45) is 0 Å². The number of rotatable bonds is 5. The van der Waals surface area contributed by atoms with E-state index in [1.54, 1.807) is 0 Å². The van der Waals surface area contributed by atoms with E-state index in [0.717, 1.165) is 22.2 Å². The van der Waals surface area contributed by atoms with E-state index >= 15 is 0 Å². The number of halogens is 1. The molecule has 3 rings (SSSR count). The van der Waals surface area contributed by atoms with Gasteiger partial charge in [0.05, 0.1) is 11.6 Å². The van der Waals surface area contributed by atoms with E-state index in [2.05, 4.69) is 57.1 Å². The molecule has 0 saturated carbocycles. The van der Waals surface area contributed by atoms with Crippen LogP contribution in [0.1, 0.15) is 34.8 Å². The Morgan fingerprint density at radius 1 is 1.04 bits per heavy atom. The van der Waals surface area contributed by atoms with Gasteiger partial charge in [0.25, 0.3) is 5.91 Å². The maximum Gasteiger partial charge on any atom is 0.252 e. The topological polar surface area (TPSA) is 32.3 Å². The largest absolute Gasteiger partial charge is 0.350 e. The second-order valence-corrected chi connectivity index (χ2v) is 7.02. The first-order valence-corrected chi connectivity index (χ1v) is 9.15. The van der Waals surface area contributed by atoms with Crippen LogP contribution in [0.2, 0.25) is 0 Å². The fourth-order valence-corrected chi connectivity index (χ4v) is 3.75. The summed E-state index contributed by atoms with van der Waals surface area (Å²) in [5, 5.41) is 3.13. The molecule has 1 amide bonds. The number of likely N-dealkylation sites (tertiary alicyclic amines) is 1. The Hall–Kier alpha value is -1.40. The fraction of sp³-hybridized carbons (Fsp3) is 0.316. The number of carbonyl (C=O) groups excluding carboxylic acids is 1. The standard InChI is InChI=1S/C19H21IN2O/c20-17-11-5-4-10-16(17)19(23)21-14-18(22-12-6-7-13-22)15-8-2-1-3-9-15/h1-5,8-11,18H,6-7,12-14H2,(H,21,23). The molecule has 1 aliphatic rings. The van der Waals surface area contributed by atoms with Gasteiger partial charge in [-0.15, -0.1) is 0 Å². The van der Waals surface area contributed by atoms with E-state index < -0.39 is 0 Å². The number of hydrogen-bond acceptors (Lipinski definition) is 2. The summed E-state index contributed by atoms with van der Waals surface area (Å²) in [4.78, 5) is 15.0. The van der Waals surface area contributed by atoms with Crippen molar-refractivity contribution >= 4 is 28.5 Å². The molecule has 2 aromatic carbocycles. The molecule has 1 aliphatic heterocycles. The first-order chi connectivity index (χ1) is 11.3. The van der Waals surface area contributed by atoms with E-state index in [1.807, 2.05) is 30.3 Å². The quantitative estimate of drug-likeness (QED) is 0.746. The van der Waals surface area contributed by atoms with Gasteiger partial charge in [-0.05, 0) is 66.2 Å². The van der Waals surface area contributed by atoms with Crippen LogP contribution in [0.15, 0.2) is 54.6 Å². The Kier molecular flexibility index (Phi) is 5.67. The molecular weight excluding hydrogens is 399 g/mol. The van der Waals surface area contributed by atoms with Crippen LogP contribution >= 0.6 is 22.6 Å². The normalized spacial score (nSPS) is 16.2. The van der Waals surface area contributed by atoms with Crippen molar-refractivity contribution in [3.8, 4) is 0 Å². The second kappa shape index (κ2) is 7.93. The van der Waals surface area contributed by atoms with Crippen LogP contribution in [0.5, 0.6) is 0 Å². The maximum atomic E-state index is 12.5. The number of amides is 1. The first-order valence-electron chi connectivity index (χ1n) is 8.07. The van der Waals surface area contributed by atoms with Gasteiger partial charge in [0.1, 0.15) is 0 Å². The van der Waals surface area contributed by atoms with Crippen molar-refractivity contribution in [3.05, 3.63) is 69.3 Å². The van der Waals surface area contributed by atoms with Gasteiger partial charge in [-0.3, -0.25) is 9.69 Å². The van der Waals surface area contributed by atoms with Gasteiger partial charge in [0.2, 0.25) is 0 Å². The molecule has 0 radical (unpaired) electrons. The lowest BCUT2D eigenvalue weighted by Gasteiger charge is -2.28. The molecule has 1 fully saturated rings. The average Bonchev–Trinajstić information content (AvgIpc) is 3.10. The van der Waals surface area contributed by atoms with E-state index in [1.165, 1.54) is 18.4 Å². The van der Waals surface area contributed by atoms with E-state index in [-0.39, 0.29) is 11.9 Å². The molecule has 0 spiro atoms. The van der Waals surface area contributed by atoms with Gasteiger partial charge in [-0.1, -0.05) is 42.5 Å². The lowest BCUT2D eigenvalue weighted by Crippen LogP contribution is -2.37. The smallest absolute Gasteiger partial charge is 0.252 e. The summed E-state index contributed by atoms with van der Waals surface area (Å²) in [6, 6.07) is 18.4. The van der Waals surface area contributed by atoms with E-state index in [4.69, 9.17) is 0 Å². The monoisotopic (exact) mass is 420 g/mol. The predicted molar refractivity (Wildman–Crippen MR) is 101 cm³/mol. The molecule has 0 bridgehead atoms. The lowest BCUT2D eigenvalue weighted by atomic mass is 10.1. The van der Waals surface area contributed by atoms with Gasteiger partial charge < -0.3 is 5.32 Å². The SMILES string of the molecule is O=C(NCC(c1ccccc1)N1CCCC1)c1ccccc1I. The summed E-state index contributed by atoms with van der Waals surface area (Å²) in [6.07, 6.45) is 2.49. The molecule has 1 atom stereocenters. The first kappa shape index (κ1) is 16.5. The number of nitrogens with one attached hydrogen (secondary N) is 1. The average molecular weight is 420 g/mol. The van der Waals surface area contributed by atoms with Crippen LogP contribution in [0.3, 0.4) is 0 Å². The number of carbonyl (C=O) groups is 1. The molecule has 3 nitrogen and oxygen atoms in total. The Balaban J connectivity index is 1.72. The Morgan fingerprint density at radius 3 is 2.39 bits per heavy atom. The molecular formula is C19H21IN2O. The van der Waals surface area contributed by atoms with Crippen molar-refractivity contribution < 1.29 is 4.79 Å². The second-order valence-electron chi connectivity index (χ2n) is 5.86. The van der Waals surface area contributed by atoms with E-state index in [9.17, 15) is 4.79 Å². The summed E-state index contributed by atoms with van der Waals surface area (Å²) in [5.41, 5.74) is 2.03. The highest BCUT2D eigenvalue weighted by Gasteiger charge is 2.24. The van der Waals surface area contributed by atoms with Crippen LogP contribution in [-0.2, 0) is 0 Å². The molecule has 1 saturated heterocycles. The zero-order valence-electron chi connectivity index (χ0n) is 13.0. The van der Waals surface area contributed by atoms with Crippen molar-refractivity contribution in [1.29, 1.82) is 0 Å². The number of benzene rings is 2.